The third kappa shape index (κ3) is 4.63. The van der Waals surface area contributed by atoms with E-state index < -0.39 is 77.3 Å². The van der Waals surface area contributed by atoms with Crippen LogP contribution in [0.15, 0.2) is 24.3 Å². The van der Waals surface area contributed by atoms with Crippen LogP contribution in [0, 0.1) is 11.8 Å². The number of aliphatic hydroxyl groups is 2. The summed E-state index contributed by atoms with van der Waals surface area (Å²) in [6.45, 7) is 1.40. The van der Waals surface area contributed by atoms with Gasteiger partial charge in [0.2, 0.25) is 11.4 Å². The number of hydrogen-bond acceptors (Lipinski definition) is 7. The van der Waals surface area contributed by atoms with Gasteiger partial charge < -0.3 is 19.7 Å². The molecule has 0 aromatic heterocycles. The molecule has 1 heterocycles. The first-order chi connectivity index (χ1) is 15.1. The largest absolute Gasteiger partial charge is 0.466 e. The number of alkyl halides is 6. The lowest BCUT2D eigenvalue weighted by molar-refractivity contribution is -0.376. The van der Waals surface area contributed by atoms with E-state index in [1.54, 1.807) is 0 Å². The van der Waals surface area contributed by atoms with Crippen LogP contribution in [0.3, 0.4) is 0 Å². The zero-order valence-electron chi connectivity index (χ0n) is 17.1. The van der Waals surface area contributed by atoms with E-state index in [2.05, 4.69) is 9.47 Å². The van der Waals surface area contributed by atoms with Crippen LogP contribution in [-0.4, -0.2) is 59.2 Å². The number of nitrogens with one attached hydrogen (secondary N) is 1. The fourth-order valence-electron chi connectivity index (χ4n) is 3.86. The molecule has 3 N–H and O–H groups in total. The SMILES string of the molecule is CCOC(=O)C1C(c2ccccc2Cl)C(C(=O)OCC)C(O)(C(F)(F)F)NC1(O)C(F)(F)F. The summed E-state index contributed by atoms with van der Waals surface area (Å²) in [5.74, 6) is -11.8. The van der Waals surface area contributed by atoms with Gasteiger partial charge in [-0.1, -0.05) is 29.8 Å². The van der Waals surface area contributed by atoms with Gasteiger partial charge >= 0.3 is 24.3 Å². The molecular formula is C19H20ClF6NO6. The van der Waals surface area contributed by atoms with Gasteiger partial charge in [-0.2, -0.15) is 26.3 Å². The van der Waals surface area contributed by atoms with E-state index in [9.17, 15) is 46.1 Å². The van der Waals surface area contributed by atoms with E-state index in [1.807, 2.05) is 0 Å². The van der Waals surface area contributed by atoms with Gasteiger partial charge in [-0.3, -0.25) is 9.59 Å². The molecule has 7 nitrogen and oxygen atoms in total. The van der Waals surface area contributed by atoms with Gasteiger partial charge in [-0.15, -0.1) is 0 Å². The first-order valence-corrected chi connectivity index (χ1v) is 9.89. The fraction of sp³-hybridized carbons (Fsp3) is 0.579. The van der Waals surface area contributed by atoms with Crippen molar-refractivity contribution in [1.29, 1.82) is 0 Å². The molecule has 1 aliphatic rings. The Morgan fingerprint density at radius 3 is 1.67 bits per heavy atom. The number of ether oxygens (including phenoxy) is 2. The molecule has 14 heteroatoms. The molecule has 4 atom stereocenters. The van der Waals surface area contributed by atoms with Gasteiger partial charge in [-0.25, -0.2) is 5.32 Å². The standard InChI is InChI=1S/C19H20ClF6NO6/c1-3-32-14(28)12-11(9-7-5-6-8-10(9)20)13(15(29)33-4-2)17(31,19(24,25)26)27-16(12,30)18(21,22)23/h5-8,11-13,27,30-31H,3-4H2,1-2H3. The van der Waals surface area contributed by atoms with Crippen LogP contribution < -0.4 is 5.32 Å². The fourth-order valence-corrected chi connectivity index (χ4v) is 4.12. The smallest absolute Gasteiger partial charge is 0.432 e. The Balaban J connectivity index is 3.00. The van der Waals surface area contributed by atoms with Crippen LogP contribution in [0.4, 0.5) is 26.3 Å². The van der Waals surface area contributed by atoms with Crippen molar-refractivity contribution in [2.75, 3.05) is 13.2 Å². The summed E-state index contributed by atoms with van der Waals surface area (Å²) in [7, 11) is 0. The Morgan fingerprint density at radius 1 is 0.939 bits per heavy atom. The van der Waals surface area contributed by atoms with Crippen molar-refractivity contribution < 1.29 is 55.6 Å². The topological polar surface area (TPSA) is 105 Å². The van der Waals surface area contributed by atoms with Gasteiger partial charge in [0.15, 0.2) is 0 Å². The van der Waals surface area contributed by atoms with E-state index in [0.717, 1.165) is 12.1 Å². The van der Waals surface area contributed by atoms with E-state index in [4.69, 9.17) is 11.6 Å². The highest BCUT2D eigenvalue weighted by atomic mass is 35.5. The summed E-state index contributed by atoms with van der Waals surface area (Å²) in [5, 5.41) is 21.3. The Bertz CT molecular complexity index is 848. The Morgan fingerprint density at radius 2 is 1.33 bits per heavy atom. The lowest BCUT2D eigenvalue weighted by Gasteiger charge is -2.54. The van der Waals surface area contributed by atoms with Gasteiger partial charge in [0.1, 0.15) is 11.8 Å². The molecule has 1 aliphatic heterocycles. The summed E-state index contributed by atoms with van der Waals surface area (Å²) in [4.78, 5) is 25.3. The molecule has 0 saturated carbocycles. The number of esters is 2. The molecule has 0 bridgehead atoms. The van der Waals surface area contributed by atoms with Crippen LogP contribution in [0.2, 0.25) is 5.02 Å². The number of carbonyl (C=O) groups excluding carboxylic acids is 2. The number of carbonyl (C=O) groups is 2. The van der Waals surface area contributed by atoms with E-state index in [0.29, 0.717) is 5.32 Å². The number of piperidine rings is 1. The molecule has 1 aromatic rings. The van der Waals surface area contributed by atoms with Crippen LogP contribution in [0.5, 0.6) is 0 Å². The second-order valence-corrected chi connectivity index (χ2v) is 7.57. The predicted molar refractivity (Wildman–Crippen MR) is 99.6 cm³/mol. The van der Waals surface area contributed by atoms with Crippen LogP contribution in [0.1, 0.15) is 25.3 Å². The maximum atomic E-state index is 14.0. The molecule has 4 unspecified atom stereocenters. The highest BCUT2D eigenvalue weighted by molar-refractivity contribution is 6.31. The van der Waals surface area contributed by atoms with Crippen molar-refractivity contribution in [1.82, 2.24) is 5.32 Å². The molecule has 0 radical (unpaired) electrons. The number of hydrogen-bond donors (Lipinski definition) is 3. The van der Waals surface area contributed by atoms with Gasteiger partial charge in [0.25, 0.3) is 0 Å². The Hall–Kier alpha value is -2.09. The molecule has 2 rings (SSSR count). The van der Waals surface area contributed by atoms with Crippen LogP contribution in [0.25, 0.3) is 0 Å². The van der Waals surface area contributed by atoms with Crippen molar-refractivity contribution in [2.24, 2.45) is 11.8 Å². The summed E-state index contributed by atoms with van der Waals surface area (Å²) in [5.41, 5.74) is -9.92. The molecule has 0 amide bonds. The average molecular weight is 508 g/mol. The summed E-state index contributed by atoms with van der Waals surface area (Å²) in [6.07, 6.45) is -11.9. The van der Waals surface area contributed by atoms with Crippen molar-refractivity contribution >= 4 is 23.5 Å². The van der Waals surface area contributed by atoms with Crippen molar-refractivity contribution in [3.63, 3.8) is 0 Å². The van der Waals surface area contributed by atoms with Gasteiger partial charge in [0, 0.05) is 10.9 Å². The molecule has 33 heavy (non-hydrogen) atoms. The summed E-state index contributed by atoms with van der Waals surface area (Å²) < 4.78 is 93.4. The number of rotatable bonds is 5. The zero-order valence-corrected chi connectivity index (χ0v) is 17.9. The molecule has 1 aromatic carbocycles. The lowest BCUT2D eigenvalue weighted by Crippen LogP contribution is -2.81. The van der Waals surface area contributed by atoms with Crippen molar-refractivity contribution in [3.8, 4) is 0 Å². The average Bonchev–Trinajstić information content (AvgIpc) is 2.66. The minimum atomic E-state index is -5.96. The molecule has 186 valence electrons. The zero-order chi connectivity index (χ0) is 25.4. The van der Waals surface area contributed by atoms with Crippen LogP contribution in [-0.2, 0) is 19.1 Å². The molecule has 0 aliphatic carbocycles. The van der Waals surface area contributed by atoms with Crippen LogP contribution >= 0.6 is 11.6 Å². The van der Waals surface area contributed by atoms with Crippen molar-refractivity contribution in [2.45, 2.75) is 43.6 Å². The second-order valence-electron chi connectivity index (χ2n) is 7.16. The normalized spacial score (nSPS) is 30.6. The maximum Gasteiger partial charge on any atom is 0.432 e. The third-order valence-electron chi connectivity index (χ3n) is 5.21. The molecule has 0 spiro atoms. The van der Waals surface area contributed by atoms with Gasteiger partial charge in [0.05, 0.1) is 13.2 Å². The van der Waals surface area contributed by atoms with E-state index >= 15 is 0 Å². The lowest BCUT2D eigenvalue weighted by atomic mass is 9.64. The first-order valence-electron chi connectivity index (χ1n) is 9.52. The minimum Gasteiger partial charge on any atom is -0.466 e. The van der Waals surface area contributed by atoms with E-state index in [1.165, 1.54) is 26.0 Å². The monoisotopic (exact) mass is 507 g/mol. The molecule has 1 saturated heterocycles. The van der Waals surface area contributed by atoms with E-state index in [-0.39, 0.29) is 0 Å². The number of benzene rings is 1. The third-order valence-corrected chi connectivity index (χ3v) is 5.55. The molecule has 1 fully saturated rings. The van der Waals surface area contributed by atoms with Crippen molar-refractivity contribution in [3.05, 3.63) is 34.9 Å². The summed E-state index contributed by atoms with van der Waals surface area (Å²) >= 11 is 6.02. The number of halogens is 7. The maximum absolute atomic E-state index is 14.0. The van der Waals surface area contributed by atoms with Gasteiger partial charge in [-0.05, 0) is 25.5 Å². The predicted octanol–water partition coefficient (Wildman–Crippen LogP) is 2.89. The highest BCUT2D eigenvalue weighted by Gasteiger charge is 2.78. The summed E-state index contributed by atoms with van der Waals surface area (Å²) in [6, 6.07) is 4.51. The Kier molecular flexibility index (Phi) is 7.63. The first kappa shape index (κ1) is 27.2. The Labute approximate surface area is 188 Å². The quantitative estimate of drug-likeness (QED) is 0.416. The molecular weight excluding hydrogens is 488 g/mol. The minimum absolute atomic E-state index is 0.429. The highest BCUT2D eigenvalue weighted by Crippen LogP contribution is 2.56. The second kappa shape index (κ2) is 9.28.